The van der Waals surface area contributed by atoms with E-state index in [0.29, 0.717) is 0 Å². The summed E-state index contributed by atoms with van der Waals surface area (Å²) in [6.07, 6.45) is 0. The van der Waals surface area contributed by atoms with Crippen molar-refractivity contribution < 1.29 is 24.6 Å². The number of carboxylic acids is 2. The largest absolute Gasteiger partial charge is 0.473 e. The highest BCUT2D eigenvalue weighted by Crippen LogP contribution is 2.45. The van der Waals surface area contributed by atoms with Gasteiger partial charge in [-0.3, -0.25) is 4.79 Å². The Morgan fingerprint density at radius 2 is 1.50 bits per heavy atom. The smallest absolute Gasteiger partial charge is 0.414 e. The van der Waals surface area contributed by atoms with Crippen LogP contribution in [-0.4, -0.2) is 35.1 Å². The van der Waals surface area contributed by atoms with E-state index in [1.165, 1.54) is 0 Å². The maximum Gasteiger partial charge on any atom is 0.414 e. The molecule has 1 aliphatic rings. The Morgan fingerprint density at radius 1 is 0.958 bits per heavy atom. The first kappa shape index (κ1) is 17.6. The molecule has 24 heavy (non-hydrogen) atoms. The number of rotatable bonds is 1. The van der Waals surface area contributed by atoms with Gasteiger partial charge in [0.1, 0.15) is 5.25 Å². The topological polar surface area (TPSA) is 94.9 Å². The van der Waals surface area contributed by atoms with E-state index < -0.39 is 11.9 Å². The molecule has 2 N–H and O–H groups in total. The number of nitrogens with zero attached hydrogens (tertiary/aromatic N) is 1. The molecule has 6 nitrogen and oxygen atoms in total. The van der Waals surface area contributed by atoms with E-state index in [0.717, 1.165) is 16.1 Å². The number of carbonyl (C=O) groups excluding carboxylic acids is 1. The van der Waals surface area contributed by atoms with Crippen LogP contribution in [0.5, 0.6) is 0 Å². The molecule has 0 fully saturated rings. The van der Waals surface area contributed by atoms with E-state index in [2.05, 4.69) is 6.07 Å². The normalized spacial score (nSPS) is 15.8. The number of para-hydroxylation sites is 1. The van der Waals surface area contributed by atoms with Crippen molar-refractivity contribution >= 4 is 35.3 Å². The molecule has 1 amide bonds. The molecule has 124 valence electrons. The minimum atomic E-state index is -1.82. The summed E-state index contributed by atoms with van der Waals surface area (Å²) in [4.78, 5) is 33.5. The van der Waals surface area contributed by atoms with Gasteiger partial charge in [0, 0.05) is 11.9 Å². The fraction of sp³-hybridized carbons (Fsp3) is 0.118. The molecule has 1 atom stereocenters. The summed E-state index contributed by atoms with van der Waals surface area (Å²) in [5, 5.41) is 14.6. The second-order valence-electron chi connectivity index (χ2n) is 4.88. The third-order valence-electron chi connectivity index (χ3n) is 3.31. The Labute approximate surface area is 142 Å². The van der Waals surface area contributed by atoms with Gasteiger partial charge in [0.25, 0.3) is 0 Å². The molecule has 0 aromatic heterocycles. The number of benzene rings is 2. The van der Waals surface area contributed by atoms with Crippen LogP contribution in [0, 0.1) is 0 Å². The van der Waals surface area contributed by atoms with Crippen molar-refractivity contribution in [1.82, 2.24) is 0 Å². The lowest BCUT2D eigenvalue weighted by Crippen LogP contribution is -2.33. The average molecular weight is 345 g/mol. The summed E-state index contributed by atoms with van der Waals surface area (Å²) in [6.45, 7) is 0. The highest BCUT2D eigenvalue weighted by molar-refractivity contribution is 8.00. The van der Waals surface area contributed by atoms with Crippen molar-refractivity contribution in [3.05, 3.63) is 60.2 Å². The van der Waals surface area contributed by atoms with E-state index >= 15 is 0 Å². The molecule has 0 saturated carbocycles. The Kier molecular flexibility index (Phi) is 5.59. The van der Waals surface area contributed by atoms with Crippen LogP contribution in [0.1, 0.15) is 10.8 Å². The predicted molar refractivity (Wildman–Crippen MR) is 90.2 cm³/mol. The predicted octanol–water partition coefficient (Wildman–Crippen LogP) is 2.65. The number of thioether (sulfide) groups is 1. The maximum atomic E-state index is 12.4. The van der Waals surface area contributed by atoms with Crippen LogP contribution in [0.2, 0.25) is 0 Å². The van der Waals surface area contributed by atoms with Crippen molar-refractivity contribution in [2.75, 3.05) is 11.9 Å². The van der Waals surface area contributed by atoms with Gasteiger partial charge >= 0.3 is 11.9 Å². The molecule has 0 bridgehead atoms. The summed E-state index contributed by atoms with van der Waals surface area (Å²) in [5.74, 6) is -3.50. The lowest BCUT2D eigenvalue weighted by atomic mass is 10.1. The third-order valence-corrected chi connectivity index (χ3v) is 4.62. The third kappa shape index (κ3) is 3.94. The van der Waals surface area contributed by atoms with Gasteiger partial charge in [-0.25, -0.2) is 9.59 Å². The molecule has 2 aromatic carbocycles. The number of amides is 1. The molecular formula is C17H15NO5S. The minimum Gasteiger partial charge on any atom is -0.473 e. The van der Waals surface area contributed by atoms with E-state index in [1.807, 2.05) is 55.6 Å². The first-order chi connectivity index (χ1) is 11.4. The minimum absolute atomic E-state index is 0.133. The molecule has 0 radical (unpaired) electrons. The van der Waals surface area contributed by atoms with Gasteiger partial charge in [0.15, 0.2) is 0 Å². The maximum absolute atomic E-state index is 12.4. The van der Waals surface area contributed by atoms with Crippen LogP contribution in [0.25, 0.3) is 0 Å². The van der Waals surface area contributed by atoms with E-state index in [-0.39, 0.29) is 11.2 Å². The molecule has 1 heterocycles. The monoisotopic (exact) mass is 345 g/mol. The van der Waals surface area contributed by atoms with Crippen molar-refractivity contribution in [2.24, 2.45) is 0 Å². The fourth-order valence-corrected chi connectivity index (χ4v) is 3.43. The second-order valence-corrected chi connectivity index (χ2v) is 6.03. The standard InChI is InChI=1S/C15H13NOS.C2H2O4/c1-16-12-9-5-6-10-13(12)18-14(15(16)17)11-7-3-2-4-8-11;3-1(4)2(5)6/h2-10,14H,1H3;(H,3,4)(H,5,6). The SMILES string of the molecule is CN1C(=O)C(c2ccccc2)Sc2ccccc21.O=C(O)C(=O)O. The summed E-state index contributed by atoms with van der Waals surface area (Å²) in [6, 6.07) is 18.0. The molecule has 1 aliphatic heterocycles. The van der Waals surface area contributed by atoms with Gasteiger partial charge in [-0.15, -0.1) is 11.8 Å². The van der Waals surface area contributed by atoms with Gasteiger partial charge in [-0.2, -0.15) is 0 Å². The van der Waals surface area contributed by atoms with Gasteiger partial charge < -0.3 is 15.1 Å². The van der Waals surface area contributed by atoms with Crippen LogP contribution in [0.3, 0.4) is 0 Å². The van der Waals surface area contributed by atoms with E-state index in [1.54, 1.807) is 16.7 Å². The number of likely N-dealkylation sites (N-methyl/N-ethyl adjacent to an activating group) is 1. The van der Waals surface area contributed by atoms with E-state index in [4.69, 9.17) is 19.8 Å². The van der Waals surface area contributed by atoms with Crippen LogP contribution in [0.4, 0.5) is 5.69 Å². The van der Waals surface area contributed by atoms with Crippen molar-refractivity contribution in [2.45, 2.75) is 10.1 Å². The zero-order valence-electron chi connectivity index (χ0n) is 12.7. The first-order valence-electron chi connectivity index (χ1n) is 6.96. The number of carbonyl (C=O) groups is 3. The summed E-state index contributed by atoms with van der Waals surface area (Å²) < 4.78 is 0. The Balaban J connectivity index is 0.000000301. The first-order valence-corrected chi connectivity index (χ1v) is 7.84. The van der Waals surface area contributed by atoms with Gasteiger partial charge in [-0.1, -0.05) is 42.5 Å². The number of carboxylic acid groups (broad SMARTS) is 2. The average Bonchev–Trinajstić information content (AvgIpc) is 2.59. The van der Waals surface area contributed by atoms with Crippen molar-refractivity contribution in [3.63, 3.8) is 0 Å². The zero-order chi connectivity index (χ0) is 17.7. The number of anilines is 1. The number of hydrogen-bond donors (Lipinski definition) is 2. The highest BCUT2D eigenvalue weighted by Gasteiger charge is 2.32. The van der Waals surface area contributed by atoms with Crippen LogP contribution >= 0.6 is 11.8 Å². The summed E-state index contributed by atoms with van der Waals surface area (Å²) >= 11 is 1.63. The number of fused-ring (bicyclic) bond motifs is 1. The molecule has 0 saturated heterocycles. The Hall–Kier alpha value is -2.80. The summed E-state index contributed by atoms with van der Waals surface area (Å²) in [7, 11) is 1.84. The van der Waals surface area contributed by atoms with E-state index in [9.17, 15) is 4.79 Å². The van der Waals surface area contributed by atoms with Crippen LogP contribution in [-0.2, 0) is 14.4 Å². The molecule has 1 unspecified atom stereocenters. The number of aliphatic carboxylic acids is 2. The lowest BCUT2D eigenvalue weighted by molar-refractivity contribution is -0.159. The fourth-order valence-electron chi connectivity index (χ4n) is 2.14. The van der Waals surface area contributed by atoms with Gasteiger partial charge in [0.05, 0.1) is 5.69 Å². The van der Waals surface area contributed by atoms with Crippen molar-refractivity contribution in [3.8, 4) is 0 Å². The quantitative estimate of drug-likeness (QED) is 0.772. The van der Waals surface area contributed by atoms with Crippen molar-refractivity contribution in [1.29, 1.82) is 0 Å². The highest BCUT2D eigenvalue weighted by atomic mass is 32.2. The zero-order valence-corrected chi connectivity index (χ0v) is 13.6. The van der Waals surface area contributed by atoms with Crippen LogP contribution in [0.15, 0.2) is 59.5 Å². The summed E-state index contributed by atoms with van der Waals surface area (Å²) in [5.41, 5.74) is 2.06. The molecule has 3 rings (SSSR count). The van der Waals surface area contributed by atoms with Gasteiger partial charge in [0.2, 0.25) is 5.91 Å². The lowest BCUT2D eigenvalue weighted by Gasteiger charge is -2.31. The Morgan fingerprint density at radius 3 is 2.08 bits per heavy atom. The Bertz CT molecular complexity index is 751. The molecule has 7 heteroatoms. The molecular weight excluding hydrogens is 330 g/mol. The van der Waals surface area contributed by atoms with Crippen LogP contribution < -0.4 is 4.90 Å². The molecule has 2 aromatic rings. The van der Waals surface area contributed by atoms with Gasteiger partial charge in [-0.05, 0) is 17.7 Å². The molecule has 0 spiro atoms. The second kappa shape index (κ2) is 7.65. The molecule has 0 aliphatic carbocycles. The number of hydrogen-bond acceptors (Lipinski definition) is 4.